The maximum atomic E-state index is 10.7. The van der Waals surface area contributed by atoms with Gasteiger partial charge in [0.1, 0.15) is 0 Å². The molecule has 0 aliphatic heterocycles. The number of halogens is 2. The Morgan fingerprint density at radius 2 is 1.76 bits per heavy atom. The van der Waals surface area contributed by atoms with E-state index in [4.69, 9.17) is 4.74 Å². The van der Waals surface area contributed by atoms with Crippen LogP contribution in [0.1, 0.15) is 38.5 Å². The standard InChI is InChI=1S/C12H20Br2O2Si/c1-2-11(15)16-9-7-5-3-4-6-8-10-17-12(13)14/h2,12H,1,3-10H2. The average Bonchev–Trinajstić information content (AvgIpc) is 2.30. The largest absolute Gasteiger partial charge is 0.463 e. The van der Waals surface area contributed by atoms with Crippen molar-refractivity contribution in [3.8, 4) is 0 Å². The van der Waals surface area contributed by atoms with Crippen molar-refractivity contribution in [3.05, 3.63) is 12.7 Å². The van der Waals surface area contributed by atoms with Gasteiger partial charge in [-0.15, -0.1) is 0 Å². The van der Waals surface area contributed by atoms with Gasteiger partial charge in [0.25, 0.3) is 0 Å². The number of unbranched alkanes of at least 4 members (excludes halogenated alkanes) is 5. The second kappa shape index (κ2) is 12.8. The van der Waals surface area contributed by atoms with Crippen LogP contribution in [0.5, 0.6) is 0 Å². The van der Waals surface area contributed by atoms with E-state index in [1.165, 1.54) is 37.8 Å². The number of alkyl halides is 2. The molecule has 0 aromatic heterocycles. The van der Waals surface area contributed by atoms with E-state index in [2.05, 4.69) is 38.4 Å². The summed E-state index contributed by atoms with van der Waals surface area (Å²) in [6, 6.07) is 1.30. The van der Waals surface area contributed by atoms with Crippen LogP contribution in [0.15, 0.2) is 12.7 Å². The molecule has 0 aliphatic carbocycles. The highest BCUT2D eigenvalue weighted by atomic mass is 79.9. The summed E-state index contributed by atoms with van der Waals surface area (Å²) in [5.74, 6) is -0.315. The number of carbonyl (C=O) groups excluding carboxylic acids is 1. The monoisotopic (exact) mass is 382 g/mol. The molecule has 0 bridgehead atoms. The first-order chi connectivity index (χ1) is 8.16. The van der Waals surface area contributed by atoms with Crippen LogP contribution in [0.3, 0.4) is 0 Å². The third-order valence-corrected chi connectivity index (χ3v) is 5.17. The Bertz CT molecular complexity index is 211. The molecular formula is C12H20Br2O2Si. The van der Waals surface area contributed by atoms with Crippen LogP contribution in [0.25, 0.3) is 0 Å². The molecule has 0 atom stereocenters. The molecule has 98 valence electrons. The Morgan fingerprint density at radius 1 is 1.18 bits per heavy atom. The molecule has 0 saturated carbocycles. The van der Waals surface area contributed by atoms with Gasteiger partial charge < -0.3 is 4.74 Å². The normalized spacial score (nSPS) is 10.5. The summed E-state index contributed by atoms with van der Waals surface area (Å²) in [5.41, 5.74) is 0. The lowest BCUT2D eigenvalue weighted by Crippen LogP contribution is -2.01. The molecule has 0 aliphatic rings. The van der Waals surface area contributed by atoms with Crippen LogP contribution in [-0.4, -0.2) is 25.5 Å². The van der Waals surface area contributed by atoms with E-state index in [9.17, 15) is 4.79 Å². The topological polar surface area (TPSA) is 26.3 Å². The van der Waals surface area contributed by atoms with Gasteiger partial charge in [-0.2, -0.15) is 0 Å². The van der Waals surface area contributed by atoms with Crippen molar-refractivity contribution < 1.29 is 9.53 Å². The summed E-state index contributed by atoms with van der Waals surface area (Å²) < 4.78 is 5.39. The molecule has 0 aromatic rings. The zero-order chi connectivity index (χ0) is 12.9. The van der Waals surface area contributed by atoms with Gasteiger partial charge in [-0.25, -0.2) is 4.79 Å². The molecule has 0 saturated heterocycles. The molecule has 0 rings (SSSR count). The summed E-state index contributed by atoms with van der Waals surface area (Å²) in [5, 5.41) is 0. The molecule has 0 unspecified atom stereocenters. The Kier molecular flexibility index (Phi) is 13.1. The van der Waals surface area contributed by atoms with Crippen molar-refractivity contribution in [2.24, 2.45) is 0 Å². The quantitative estimate of drug-likeness (QED) is 0.175. The molecule has 17 heavy (non-hydrogen) atoms. The number of rotatable bonds is 11. The minimum absolute atomic E-state index is 0.315. The zero-order valence-corrected chi connectivity index (χ0v) is 14.3. The number of hydrogen-bond acceptors (Lipinski definition) is 2. The number of ether oxygens (including phenoxy) is 1. The lowest BCUT2D eigenvalue weighted by Gasteiger charge is -2.03. The van der Waals surface area contributed by atoms with Gasteiger partial charge in [-0.1, -0.05) is 76.6 Å². The average molecular weight is 384 g/mol. The lowest BCUT2D eigenvalue weighted by atomic mass is 10.1. The first-order valence-electron chi connectivity index (χ1n) is 5.97. The third kappa shape index (κ3) is 14.3. The second-order valence-electron chi connectivity index (χ2n) is 3.75. The number of esters is 1. The summed E-state index contributed by atoms with van der Waals surface area (Å²) in [7, 11) is 0.964. The van der Waals surface area contributed by atoms with Gasteiger partial charge in [-0.05, 0) is 6.42 Å². The summed E-state index contributed by atoms with van der Waals surface area (Å²) in [4.78, 5) is 10.7. The van der Waals surface area contributed by atoms with Gasteiger partial charge in [0.05, 0.1) is 19.5 Å². The van der Waals surface area contributed by atoms with Crippen molar-refractivity contribution in [2.45, 2.75) is 47.9 Å². The SMILES string of the molecule is C=CC(=O)OCCCCCCCC[Si]C(Br)Br. The molecule has 2 nitrogen and oxygen atoms in total. The highest BCUT2D eigenvalue weighted by Crippen LogP contribution is 2.12. The van der Waals surface area contributed by atoms with Crippen LogP contribution in [0, 0.1) is 0 Å². The molecule has 0 aromatic carbocycles. The fourth-order valence-corrected chi connectivity index (χ4v) is 3.42. The van der Waals surface area contributed by atoms with E-state index in [1.807, 2.05) is 0 Å². The molecule has 0 amide bonds. The molecule has 5 heteroatoms. The predicted octanol–water partition coefficient (Wildman–Crippen LogP) is 4.25. The van der Waals surface area contributed by atoms with Gasteiger partial charge in [0.15, 0.2) is 0 Å². The predicted molar refractivity (Wildman–Crippen MR) is 81.1 cm³/mol. The highest BCUT2D eigenvalue weighted by Gasteiger charge is 1.99. The zero-order valence-electron chi connectivity index (χ0n) is 10.1. The number of carbonyl (C=O) groups is 1. The first kappa shape index (κ1) is 17.4. The molecule has 0 spiro atoms. The minimum Gasteiger partial charge on any atom is -0.463 e. The van der Waals surface area contributed by atoms with Gasteiger partial charge in [0.2, 0.25) is 0 Å². The summed E-state index contributed by atoms with van der Waals surface area (Å²) >= 11 is 6.97. The highest BCUT2D eigenvalue weighted by molar-refractivity contribution is 9.25. The van der Waals surface area contributed by atoms with Gasteiger partial charge in [0, 0.05) is 6.08 Å². The van der Waals surface area contributed by atoms with E-state index < -0.39 is 0 Å². The van der Waals surface area contributed by atoms with E-state index in [0.29, 0.717) is 9.97 Å². The van der Waals surface area contributed by atoms with Crippen LogP contribution >= 0.6 is 31.9 Å². The fourth-order valence-electron chi connectivity index (χ4n) is 1.38. The van der Waals surface area contributed by atoms with Crippen molar-refractivity contribution in [2.75, 3.05) is 6.61 Å². The van der Waals surface area contributed by atoms with Crippen LogP contribution < -0.4 is 0 Å². The molecule has 0 fully saturated rings. The molecule has 0 heterocycles. The van der Waals surface area contributed by atoms with Crippen molar-refractivity contribution in [3.63, 3.8) is 0 Å². The number of hydrogen-bond donors (Lipinski definition) is 0. The van der Waals surface area contributed by atoms with Crippen molar-refractivity contribution in [1.29, 1.82) is 0 Å². The molecule has 2 radical (unpaired) electrons. The first-order valence-corrected chi connectivity index (χ1v) is 9.09. The van der Waals surface area contributed by atoms with Crippen molar-refractivity contribution >= 4 is 47.3 Å². The lowest BCUT2D eigenvalue weighted by molar-refractivity contribution is -0.137. The Morgan fingerprint density at radius 3 is 2.35 bits per heavy atom. The van der Waals surface area contributed by atoms with E-state index >= 15 is 0 Å². The summed E-state index contributed by atoms with van der Waals surface area (Å²) in [6.45, 7) is 3.88. The van der Waals surface area contributed by atoms with E-state index in [0.717, 1.165) is 22.4 Å². The maximum absolute atomic E-state index is 10.7. The van der Waals surface area contributed by atoms with E-state index in [1.54, 1.807) is 0 Å². The van der Waals surface area contributed by atoms with E-state index in [-0.39, 0.29) is 5.97 Å². The Hall–Kier alpha value is 0.387. The fraction of sp³-hybridized carbons (Fsp3) is 0.750. The minimum atomic E-state index is -0.315. The third-order valence-electron chi connectivity index (χ3n) is 2.28. The van der Waals surface area contributed by atoms with Crippen LogP contribution in [0.4, 0.5) is 0 Å². The molecule has 0 N–H and O–H groups in total. The smallest absolute Gasteiger partial charge is 0.330 e. The van der Waals surface area contributed by atoms with Gasteiger partial charge in [-0.3, -0.25) is 0 Å². The van der Waals surface area contributed by atoms with Crippen molar-refractivity contribution in [1.82, 2.24) is 0 Å². The van der Waals surface area contributed by atoms with Crippen LogP contribution in [0.2, 0.25) is 6.04 Å². The Balaban J connectivity index is 3.03. The van der Waals surface area contributed by atoms with Crippen LogP contribution in [-0.2, 0) is 9.53 Å². The maximum Gasteiger partial charge on any atom is 0.330 e. The summed E-state index contributed by atoms with van der Waals surface area (Å²) in [6.07, 6.45) is 8.47. The van der Waals surface area contributed by atoms with Gasteiger partial charge >= 0.3 is 5.97 Å². The Labute approximate surface area is 124 Å². The second-order valence-corrected chi connectivity index (χ2v) is 9.98. The molecular weight excluding hydrogens is 364 g/mol.